The molecule has 4 nitrogen and oxygen atoms in total. The van der Waals surface area contributed by atoms with E-state index >= 15 is 0 Å². The maximum absolute atomic E-state index is 13.0. The molecular weight excluding hydrogens is 384 g/mol. The van der Waals surface area contributed by atoms with Crippen molar-refractivity contribution in [3.05, 3.63) is 77.4 Å². The van der Waals surface area contributed by atoms with Gasteiger partial charge in [-0.25, -0.2) is 0 Å². The smallest absolute Gasteiger partial charge is 0.227 e. The van der Waals surface area contributed by atoms with Gasteiger partial charge in [0.15, 0.2) is 0 Å². The summed E-state index contributed by atoms with van der Waals surface area (Å²) >= 11 is 0. The van der Waals surface area contributed by atoms with Gasteiger partial charge in [0, 0.05) is 31.0 Å². The lowest BCUT2D eigenvalue weighted by Gasteiger charge is -2.34. The van der Waals surface area contributed by atoms with Gasteiger partial charge < -0.3 is 10.2 Å². The number of amides is 2. The minimum Gasteiger partial charge on any atom is -0.339 e. The highest BCUT2D eigenvalue weighted by Gasteiger charge is 2.27. The Morgan fingerprint density at radius 3 is 2.61 bits per heavy atom. The summed E-state index contributed by atoms with van der Waals surface area (Å²) in [5.41, 5.74) is 4.63. The van der Waals surface area contributed by atoms with Crippen molar-refractivity contribution in [3.63, 3.8) is 0 Å². The van der Waals surface area contributed by atoms with E-state index < -0.39 is 0 Å². The van der Waals surface area contributed by atoms with Crippen molar-refractivity contribution in [3.8, 4) is 0 Å². The first-order valence-electron chi connectivity index (χ1n) is 11.1. The highest BCUT2D eigenvalue weighted by Crippen LogP contribution is 2.36. The van der Waals surface area contributed by atoms with E-state index in [4.69, 9.17) is 0 Å². The Morgan fingerprint density at radius 2 is 1.81 bits per heavy atom. The van der Waals surface area contributed by atoms with E-state index in [1.54, 1.807) is 6.92 Å². The molecule has 1 aliphatic carbocycles. The Morgan fingerprint density at radius 1 is 1.06 bits per heavy atom. The summed E-state index contributed by atoms with van der Waals surface area (Å²) < 4.78 is 0. The van der Waals surface area contributed by atoms with Crippen LogP contribution in [-0.2, 0) is 22.4 Å². The molecule has 4 rings (SSSR count). The number of fused-ring (bicyclic) bond motifs is 2. The van der Waals surface area contributed by atoms with E-state index in [0.717, 1.165) is 35.7 Å². The number of nitrogens with one attached hydrogen (secondary N) is 1. The van der Waals surface area contributed by atoms with Gasteiger partial charge >= 0.3 is 0 Å². The number of rotatable bonds is 5. The molecule has 0 heterocycles. The summed E-state index contributed by atoms with van der Waals surface area (Å²) in [6.45, 7) is 3.61. The zero-order valence-corrected chi connectivity index (χ0v) is 18.5. The molecule has 2 atom stereocenters. The Hall–Kier alpha value is -3.14. The van der Waals surface area contributed by atoms with Crippen molar-refractivity contribution in [2.24, 2.45) is 5.92 Å². The topological polar surface area (TPSA) is 49.4 Å². The molecule has 0 saturated heterocycles. The third-order valence-corrected chi connectivity index (χ3v) is 6.56. The second-order valence-corrected chi connectivity index (χ2v) is 8.64. The average molecular weight is 415 g/mol. The van der Waals surface area contributed by atoms with Crippen LogP contribution in [0.5, 0.6) is 0 Å². The molecule has 0 bridgehead atoms. The quantitative estimate of drug-likeness (QED) is 0.598. The Balaban J connectivity index is 1.53. The second kappa shape index (κ2) is 8.93. The fourth-order valence-electron chi connectivity index (χ4n) is 4.73. The first-order valence-corrected chi connectivity index (χ1v) is 11.1. The monoisotopic (exact) mass is 414 g/mol. The predicted octanol–water partition coefficient (Wildman–Crippen LogP) is 5.51. The molecule has 3 aromatic carbocycles. The van der Waals surface area contributed by atoms with E-state index in [1.807, 2.05) is 49.2 Å². The molecule has 0 fully saturated rings. The van der Waals surface area contributed by atoms with Crippen LogP contribution < -0.4 is 5.32 Å². The number of hydrogen-bond donors (Lipinski definition) is 1. The molecule has 1 aliphatic rings. The van der Waals surface area contributed by atoms with Crippen LogP contribution in [0.4, 0.5) is 5.69 Å². The minimum absolute atomic E-state index is 0.0298. The number of nitrogens with zero attached hydrogens (tertiary/aromatic N) is 1. The third-order valence-electron chi connectivity index (χ3n) is 6.56. The summed E-state index contributed by atoms with van der Waals surface area (Å²) in [4.78, 5) is 26.8. The van der Waals surface area contributed by atoms with Crippen LogP contribution in [0.15, 0.2) is 60.7 Å². The molecule has 4 heteroatoms. The van der Waals surface area contributed by atoms with E-state index in [-0.39, 0.29) is 23.8 Å². The van der Waals surface area contributed by atoms with Gasteiger partial charge in [0.05, 0.1) is 6.04 Å². The lowest BCUT2D eigenvalue weighted by Crippen LogP contribution is -2.32. The molecular formula is C27H30N2O2. The highest BCUT2D eigenvalue weighted by molar-refractivity contribution is 6.02. The van der Waals surface area contributed by atoms with Crippen molar-refractivity contribution in [2.75, 3.05) is 12.4 Å². The van der Waals surface area contributed by atoms with Crippen LogP contribution in [0.25, 0.3) is 10.8 Å². The lowest BCUT2D eigenvalue weighted by molar-refractivity contribution is -0.130. The molecule has 0 aromatic heterocycles. The summed E-state index contributed by atoms with van der Waals surface area (Å²) in [5, 5.41) is 5.30. The van der Waals surface area contributed by atoms with Gasteiger partial charge in [0.2, 0.25) is 11.8 Å². The summed E-state index contributed by atoms with van der Waals surface area (Å²) in [6.07, 6.45) is 3.74. The van der Waals surface area contributed by atoms with E-state index in [1.165, 1.54) is 16.7 Å². The number of anilines is 1. The molecule has 0 aliphatic heterocycles. The van der Waals surface area contributed by atoms with Crippen molar-refractivity contribution < 1.29 is 9.59 Å². The van der Waals surface area contributed by atoms with Gasteiger partial charge in [-0.1, -0.05) is 61.5 Å². The van der Waals surface area contributed by atoms with Crippen LogP contribution in [0.3, 0.4) is 0 Å². The molecule has 160 valence electrons. The van der Waals surface area contributed by atoms with Crippen LogP contribution in [0.2, 0.25) is 0 Å². The molecule has 2 unspecified atom stereocenters. The second-order valence-electron chi connectivity index (χ2n) is 8.64. The van der Waals surface area contributed by atoms with Crippen molar-refractivity contribution in [2.45, 2.75) is 45.6 Å². The Labute approximate surface area is 184 Å². The molecule has 0 radical (unpaired) electrons. The predicted molar refractivity (Wildman–Crippen MR) is 126 cm³/mol. The Bertz CT molecular complexity index is 1120. The number of carbonyl (C=O) groups is 2. The SMILES string of the molecule is CC(=O)N(C)C1CCCc2c(CC(C)C(=O)Nc3cccc4ccccc34)cccc21. The van der Waals surface area contributed by atoms with Gasteiger partial charge in [-0.05, 0) is 53.8 Å². The zero-order chi connectivity index (χ0) is 22.0. The van der Waals surface area contributed by atoms with Gasteiger partial charge in [-0.15, -0.1) is 0 Å². The van der Waals surface area contributed by atoms with Crippen LogP contribution in [0, 0.1) is 5.92 Å². The third kappa shape index (κ3) is 4.34. The first kappa shape index (κ1) is 21.1. The first-order chi connectivity index (χ1) is 15.0. The minimum atomic E-state index is -0.156. The Kier molecular flexibility index (Phi) is 6.08. The summed E-state index contributed by atoms with van der Waals surface area (Å²) in [5.74, 6) is -0.0374. The van der Waals surface area contributed by atoms with Crippen molar-refractivity contribution >= 4 is 28.3 Å². The van der Waals surface area contributed by atoms with Crippen LogP contribution >= 0.6 is 0 Å². The van der Waals surface area contributed by atoms with Crippen molar-refractivity contribution in [1.82, 2.24) is 4.90 Å². The maximum Gasteiger partial charge on any atom is 0.227 e. The standard InChI is InChI=1S/C27H30N2O2/c1-18(27(31)28-25-15-7-10-20-9-4-5-12-23(20)25)17-21-11-6-14-24-22(21)13-8-16-26(24)29(3)19(2)30/h4-7,9-12,14-15,18,26H,8,13,16-17H2,1-3H3,(H,28,31). The molecule has 0 saturated carbocycles. The van der Waals surface area contributed by atoms with Gasteiger partial charge in [0.25, 0.3) is 0 Å². The fourth-order valence-corrected chi connectivity index (χ4v) is 4.73. The van der Waals surface area contributed by atoms with Crippen LogP contribution in [0.1, 0.15) is 49.4 Å². The molecule has 2 amide bonds. The number of hydrogen-bond acceptors (Lipinski definition) is 2. The normalized spacial score (nSPS) is 16.4. The number of benzene rings is 3. The zero-order valence-electron chi connectivity index (χ0n) is 18.5. The maximum atomic E-state index is 13.0. The van der Waals surface area contributed by atoms with Gasteiger partial charge in [-0.2, -0.15) is 0 Å². The number of carbonyl (C=O) groups excluding carboxylic acids is 2. The molecule has 0 spiro atoms. The van der Waals surface area contributed by atoms with Gasteiger partial charge in [0.1, 0.15) is 0 Å². The molecule has 3 aromatic rings. The lowest BCUT2D eigenvalue weighted by atomic mass is 9.82. The van der Waals surface area contributed by atoms with E-state index in [0.29, 0.717) is 6.42 Å². The summed E-state index contributed by atoms with van der Waals surface area (Å²) in [6, 6.07) is 20.5. The van der Waals surface area contributed by atoms with E-state index in [2.05, 4.69) is 35.6 Å². The largest absolute Gasteiger partial charge is 0.339 e. The molecule has 31 heavy (non-hydrogen) atoms. The van der Waals surface area contributed by atoms with E-state index in [9.17, 15) is 9.59 Å². The fraction of sp³-hybridized carbons (Fsp3) is 0.333. The van der Waals surface area contributed by atoms with Crippen molar-refractivity contribution in [1.29, 1.82) is 0 Å². The average Bonchev–Trinajstić information content (AvgIpc) is 2.78. The molecule has 1 N–H and O–H groups in total. The van der Waals surface area contributed by atoms with Crippen LogP contribution in [-0.4, -0.2) is 23.8 Å². The highest BCUT2D eigenvalue weighted by atomic mass is 16.2. The summed E-state index contributed by atoms with van der Waals surface area (Å²) in [7, 11) is 1.88. The van der Waals surface area contributed by atoms with Gasteiger partial charge in [-0.3, -0.25) is 9.59 Å².